The molecule has 52 nitrogen and oxygen atoms in total. The zero-order valence-electron chi connectivity index (χ0n) is 67.4. The van der Waals surface area contributed by atoms with Gasteiger partial charge in [0.25, 0.3) is 11.4 Å². The minimum atomic E-state index is -4.06. The minimum absolute atomic E-state index is 0.00309. The highest BCUT2D eigenvalue weighted by molar-refractivity contribution is 7.86. The molecule has 0 aromatic heterocycles. The van der Waals surface area contributed by atoms with Crippen LogP contribution in [0.4, 0.5) is 17.1 Å². The van der Waals surface area contributed by atoms with Gasteiger partial charge >= 0.3 is 106 Å². The van der Waals surface area contributed by atoms with Gasteiger partial charge in [0.2, 0.25) is 5.75 Å². The number of nitriles is 1. The summed E-state index contributed by atoms with van der Waals surface area (Å²) in [6.07, 6.45) is 8.18. The van der Waals surface area contributed by atoms with E-state index in [1.807, 2.05) is 37.8 Å². The molecule has 7 aromatic rings. The normalized spacial score (nSPS) is 11.5. The number of nitrogens with zero attached hydrogens (tertiary/aromatic N) is 4. The third-order valence-electron chi connectivity index (χ3n) is 13.3. The van der Waals surface area contributed by atoms with Crippen LogP contribution >= 0.6 is 0 Å². The number of esters is 3. The molecular formula is C67H78N12O40S8. The maximum atomic E-state index is 11.5. The van der Waals surface area contributed by atoms with E-state index in [0.717, 1.165) is 77.8 Å². The third-order valence-corrected chi connectivity index (χ3v) is 20.6. The first-order valence-corrected chi connectivity index (χ1v) is 44.6. The molecule has 0 saturated carbocycles. The van der Waals surface area contributed by atoms with Gasteiger partial charge in [0.1, 0.15) is 34.8 Å². The average molecular weight is 1950 g/mol. The molecule has 0 aliphatic carbocycles. The summed E-state index contributed by atoms with van der Waals surface area (Å²) in [5.41, 5.74) is 0.00478. The summed E-state index contributed by atoms with van der Waals surface area (Å²) in [5, 5.41) is 68.5. The van der Waals surface area contributed by atoms with Crippen molar-refractivity contribution in [2.45, 2.75) is 6.92 Å². The summed E-state index contributed by atoms with van der Waals surface area (Å²) in [4.78, 5) is 73.4. The Morgan fingerprint density at radius 1 is 0.362 bits per heavy atom. The zero-order valence-corrected chi connectivity index (χ0v) is 73.9. The first-order chi connectivity index (χ1) is 59.0. The van der Waals surface area contributed by atoms with Crippen LogP contribution in [0.1, 0.15) is 29.2 Å². The second-order valence-corrected chi connectivity index (χ2v) is 33.7. The minimum Gasteiger partial charge on any atom is -0.508 e. The Kier molecular flexibility index (Phi) is 45.8. The van der Waals surface area contributed by atoms with Crippen molar-refractivity contribution in [2.75, 3.05) is 77.7 Å². The monoisotopic (exact) mass is 1950 g/mol. The number of carbonyl (C=O) groups excluding carboxylic acids is 4. The molecule has 0 atom stereocenters. The van der Waals surface area contributed by atoms with Crippen molar-refractivity contribution < 1.29 is 164 Å². The van der Waals surface area contributed by atoms with Crippen molar-refractivity contribution in [3.8, 4) is 69.3 Å². The SMILES string of the molecule is CNS(=O)(=O)Oc1ccc(/C=C(\C#N)C(C)=O)cc1O.CNS(=O)(=O)Oc1ccc(O)c(/C=C/C(=O)OC)c1.CNS(=O)(=O)Oc1ccc(O)cc1/C=C/C(=O)OC.CNS(=O)(=O)Oc1ccc(OS(=O)(=O)NC)c(/C=C/C(=O)OC)c1.CNS(=O)(=O)Oc1ccc([N+](=O)[O-])cc1.CNS(=O)(=O)Oc1cccc([N+](=O)[O-])c1.CNS(=O)(=O)Oc1ccccc1[N+](=O)[O-]. The molecule has 0 saturated heterocycles. The number of phenolic OH excluding ortho intramolecular Hbond substituents is 3. The van der Waals surface area contributed by atoms with Crippen LogP contribution in [0.2, 0.25) is 0 Å². The fourth-order valence-electron chi connectivity index (χ4n) is 7.26. The van der Waals surface area contributed by atoms with E-state index in [4.69, 9.17) is 17.8 Å². The molecule has 0 spiro atoms. The number of aromatic hydroxyl groups is 3. The van der Waals surface area contributed by atoms with Crippen molar-refractivity contribution in [3.63, 3.8) is 0 Å². The second kappa shape index (κ2) is 52.2. The van der Waals surface area contributed by atoms with Crippen molar-refractivity contribution in [1.29, 1.82) is 5.26 Å². The number of rotatable bonds is 35. The van der Waals surface area contributed by atoms with E-state index in [9.17, 15) is 132 Å². The second-order valence-electron chi connectivity index (χ2n) is 21.8. The predicted octanol–water partition coefficient (Wildman–Crippen LogP) is 2.45. The standard InChI is InChI=1S/C12H16N2O8S2.C12H12N2O5S.2C11H13NO6S.3C7H8N2O5S/c1-13-23(16,17)21-10-5-6-11(22-24(18,19)14-2)9(8-10)4-7-12(15)20-3;1-8(15)10(7-13)5-9-3-4-12(11(16)6-9)19-20(17,18)14-2;1-12-19(15,16)18-9-4-5-10(13)8(7-9)3-6-11(14)17-2;1-12-19(15,16)18-10-5-4-9(13)7-8(10)3-6-11(14)17-2;1-8-15(12,13)14-7-4-2-6(3-5-7)9(10)11;1-8-15(12,13)14-7-4-2-3-6(5-7)9(10)11;1-8-15(12,13)14-7-5-3-2-4-6(7)9(10)11/h4-8,13-14H,1-3H3;3-6,14,16H,1-2H3;2*3-7,12-13H,1-2H3;3*2-5,8H,1H3/b7-4+;10-5+;2*6-3+;;;. The number of hydrogen-bond acceptors (Lipinski definition) is 41. The van der Waals surface area contributed by atoms with Crippen molar-refractivity contribution in [3.05, 3.63) is 222 Å². The number of benzene rings is 7. The average Bonchev–Trinajstić information content (AvgIpc) is 0.843. The molecule has 0 amide bonds. The summed E-state index contributed by atoms with van der Waals surface area (Å²) in [5.74, 6) is -4.00. The topological polar surface area (TPSA) is 753 Å². The first kappa shape index (κ1) is 111. The molecule has 0 aliphatic heterocycles. The molecule has 7 rings (SSSR count). The van der Waals surface area contributed by atoms with E-state index in [2.05, 4.69) is 35.1 Å². The number of carbonyl (C=O) groups is 4. The Morgan fingerprint density at radius 3 is 1.10 bits per heavy atom. The molecule has 11 N–H and O–H groups in total. The van der Waals surface area contributed by atoms with Crippen molar-refractivity contribution >= 4 is 147 Å². The van der Waals surface area contributed by atoms with Crippen LogP contribution in [0.15, 0.2) is 169 Å². The number of allylic oxidation sites excluding steroid dienone is 1. The lowest BCUT2D eigenvalue weighted by Crippen LogP contribution is -2.25. The summed E-state index contributed by atoms with van der Waals surface area (Å²) >= 11 is 0. The van der Waals surface area contributed by atoms with E-state index in [-0.39, 0.29) is 91.1 Å². The maximum absolute atomic E-state index is 11.5. The van der Waals surface area contributed by atoms with Gasteiger partial charge in [0.05, 0.1) is 47.7 Å². The maximum Gasteiger partial charge on any atom is 0.382 e. The van der Waals surface area contributed by atoms with Crippen LogP contribution in [-0.4, -0.2) is 199 Å². The number of methoxy groups -OCH3 is 3. The molecule has 694 valence electrons. The molecule has 7 aromatic carbocycles. The van der Waals surface area contributed by atoms with Gasteiger partial charge in [-0.15, -0.1) is 0 Å². The van der Waals surface area contributed by atoms with Gasteiger partial charge in [0.15, 0.2) is 34.5 Å². The van der Waals surface area contributed by atoms with Crippen LogP contribution in [0.5, 0.6) is 63.2 Å². The highest BCUT2D eigenvalue weighted by atomic mass is 32.3. The van der Waals surface area contributed by atoms with Crippen LogP contribution in [0.3, 0.4) is 0 Å². The predicted molar refractivity (Wildman–Crippen MR) is 446 cm³/mol. The Hall–Kier alpha value is -13.7. The molecule has 0 heterocycles. The number of nitro benzene ring substituents is 3. The molecule has 0 bridgehead atoms. The molecule has 0 unspecified atom stereocenters. The van der Waals surface area contributed by atoms with E-state index in [1.54, 1.807) is 6.07 Å². The van der Waals surface area contributed by atoms with Gasteiger partial charge < -0.3 is 63.0 Å². The largest absolute Gasteiger partial charge is 0.508 e. The highest BCUT2D eigenvalue weighted by Gasteiger charge is 2.22. The number of nitro groups is 3. The molecular weight excluding hydrogens is 1870 g/mol. The first-order valence-electron chi connectivity index (χ1n) is 33.3. The lowest BCUT2D eigenvalue weighted by Gasteiger charge is -2.11. The fourth-order valence-corrected chi connectivity index (χ4v) is 10.9. The summed E-state index contributed by atoms with van der Waals surface area (Å²) in [6.45, 7) is 1.24. The number of Topliss-reactive ketones (excluding diaryl/α,β-unsaturated/α-hetero) is 1. The molecule has 0 aliphatic rings. The van der Waals surface area contributed by atoms with Crippen LogP contribution in [0.25, 0.3) is 24.3 Å². The van der Waals surface area contributed by atoms with Gasteiger partial charge in [0, 0.05) is 116 Å². The quantitative estimate of drug-likeness (QED) is 0.00678. The number of hydrogen-bond donors (Lipinski definition) is 11. The lowest BCUT2D eigenvalue weighted by atomic mass is 10.1. The van der Waals surface area contributed by atoms with E-state index >= 15 is 0 Å². The summed E-state index contributed by atoms with van der Waals surface area (Å²) in [7, 11) is -18.6. The van der Waals surface area contributed by atoms with Gasteiger partial charge in [-0.2, -0.15) is 110 Å². The van der Waals surface area contributed by atoms with Crippen LogP contribution < -0.4 is 71.2 Å². The van der Waals surface area contributed by atoms with Gasteiger partial charge in [-0.05, 0) is 128 Å². The molecule has 60 heteroatoms. The fraction of sp³-hybridized carbons (Fsp3) is 0.179. The number of para-hydroxylation sites is 2. The Labute approximate surface area is 726 Å². The highest BCUT2D eigenvalue weighted by Crippen LogP contribution is 2.32. The van der Waals surface area contributed by atoms with Gasteiger partial charge in [-0.3, -0.25) is 35.1 Å². The third kappa shape index (κ3) is 44.0. The molecule has 127 heavy (non-hydrogen) atoms. The molecule has 0 radical (unpaired) electrons. The number of ether oxygens (including phenoxy) is 3. The number of nitrogens with one attached hydrogen (secondary N) is 8. The smallest absolute Gasteiger partial charge is 0.382 e. The van der Waals surface area contributed by atoms with Gasteiger partial charge in [-0.25, -0.2) is 14.4 Å². The van der Waals surface area contributed by atoms with Crippen LogP contribution in [0, 0.1) is 41.7 Å². The van der Waals surface area contributed by atoms with E-state index < -0.39 is 132 Å². The molecule has 0 fully saturated rings. The van der Waals surface area contributed by atoms with Crippen molar-refractivity contribution in [2.24, 2.45) is 0 Å². The number of non-ortho nitro benzene ring substituents is 2. The van der Waals surface area contributed by atoms with E-state index in [0.29, 0.717) is 5.56 Å². The Morgan fingerprint density at radius 2 is 0.709 bits per heavy atom. The zero-order chi connectivity index (χ0) is 97.1. The Bertz CT molecular complexity index is 6200. The number of phenols is 3. The number of ketones is 1. The van der Waals surface area contributed by atoms with Crippen molar-refractivity contribution in [1.82, 2.24) is 37.8 Å². The summed E-state index contributed by atoms with van der Waals surface area (Å²) in [6, 6.07) is 31.4. The Balaban J connectivity index is 0.000000745. The summed E-state index contributed by atoms with van der Waals surface area (Å²) < 4.78 is 245. The van der Waals surface area contributed by atoms with Crippen LogP contribution in [-0.2, 0) is 116 Å². The van der Waals surface area contributed by atoms with Gasteiger partial charge in [-0.1, -0.05) is 24.3 Å². The van der Waals surface area contributed by atoms with E-state index in [1.165, 1.54) is 195 Å². The lowest BCUT2D eigenvalue weighted by molar-refractivity contribution is -0.385.